The topological polar surface area (TPSA) is 52.9 Å². The average Bonchev–Trinajstić information content (AvgIpc) is 2.81. The molecule has 0 aliphatic carbocycles. The Morgan fingerprint density at radius 3 is 2.50 bits per heavy atom. The van der Waals surface area contributed by atoms with Crippen LogP contribution in [-0.4, -0.2) is 49.8 Å². The number of aromatic nitrogens is 1. The van der Waals surface area contributed by atoms with Gasteiger partial charge in [0, 0.05) is 25.5 Å². The quantitative estimate of drug-likeness (QED) is 0.640. The summed E-state index contributed by atoms with van der Waals surface area (Å²) in [6, 6.07) is 3.84. The third kappa shape index (κ3) is 5.64. The summed E-state index contributed by atoms with van der Waals surface area (Å²) in [5, 5.41) is 9.52. The van der Waals surface area contributed by atoms with E-state index in [2.05, 4.69) is 0 Å². The number of aliphatic hydroxyl groups excluding tert-OH is 1. The van der Waals surface area contributed by atoms with Crippen LogP contribution >= 0.6 is 0 Å². The summed E-state index contributed by atoms with van der Waals surface area (Å²) in [5.41, 5.74) is 0.912. The van der Waals surface area contributed by atoms with Crippen LogP contribution in [0.3, 0.4) is 0 Å². The van der Waals surface area contributed by atoms with Crippen molar-refractivity contribution in [2.75, 3.05) is 40.1 Å². The molecule has 0 spiro atoms. The predicted octanol–water partition coefficient (Wildman–Crippen LogP) is 1.22. The van der Waals surface area contributed by atoms with Gasteiger partial charge in [-0.05, 0) is 19.1 Å². The van der Waals surface area contributed by atoms with Crippen molar-refractivity contribution in [1.29, 1.82) is 0 Å². The summed E-state index contributed by atoms with van der Waals surface area (Å²) in [5.74, 6) is 0. The van der Waals surface area contributed by atoms with Crippen molar-refractivity contribution in [3.63, 3.8) is 0 Å². The lowest BCUT2D eigenvalue weighted by atomic mass is 10.3. The number of aliphatic hydroxyl groups is 1. The second-order valence-electron chi connectivity index (χ2n) is 4.02. The molecule has 5 heteroatoms. The zero-order valence-electron chi connectivity index (χ0n) is 11.2. The molecule has 0 saturated carbocycles. The maximum absolute atomic E-state index is 9.52. The predicted molar refractivity (Wildman–Crippen MR) is 68.6 cm³/mol. The van der Waals surface area contributed by atoms with Gasteiger partial charge in [-0.2, -0.15) is 0 Å². The number of nitrogens with zero attached hydrogens (tertiary/aromatic N) is 1. The van der Waals surface area contributed by atoms with E-state index in [0.29, 0.717) is 33.0 Å². The molecule has 0 amide bonds. The lowest BCUT2D eigenvalue weighted by Gasteiger charge is -2.11. The van der Waals surface area contributed by atoms with Crippen molar-refractivity contribution in [2.45, 2.75) is 19.6 Å². The second-order valence-corrected chi connectivity index (χ2v) is 4.02. The number of hydrogen-bond donors (Lipinski definition) is 1. The van der Waals surface area contributed by atoms with E-state index < -0.39 is 6.10 Å². The maximum Gasteiger partial charge on any atom is 0.0911 e. The minimum atomic E-state index is -0.447. The molecule has 0 aliphatic heterocycles. The minimum absolute atomic E-state index is 0.447. The van der Waals surface area contributed by atoms with E-state index >= 15 is 0 Å². The summed E-state index contributed by atoms with van der Waals surface area (Å²) in [4.78, 5) is 0. The van der Waals surface area contributed by atoms with Crippen molar-refractivity contribution in [3.8, 4) is 0 Å². The molecule has 1 atom stereocenters. The van der Waals surface area contributed by atoms with Crippen molar-refractivity contribution >= 4 is 0 Å². The highest BCUT2D eigenvalue weighted by Gasteiger charge is 2.05. The van der Waals surface area contributed by atoms with Crippen molar-refractivity contribution in [1.82, 2.24) is 4.57 Å². The van der Waals surface area contributed by atoms with Gasteiger partial charge in [0.1, 0.15) is 0 Å². The smallest absolute Gasteiger partial charge is 0.0911 e. The van der Waals surface area contributed by atoms with Gasteiger partial charge in [0.2, 0.25) is 0 Å². The Kier molecular flexibility index (Phi) is 7.68. The maximum atomic E-state index is 9.52. The van der Waals surface area contributed by atoms with Gasteiger partial charge in [0.15, 0.2) is 0 Å². The molecular weight excluding hydrogens is 234 g/mol. The van der Waals surface area contributed by atoms with Gasteiger partial charge >= 0.3 is 0 Å². The normalized spacial score (nSPS) is 12.8. The summed E-state index contributed by atoms with van der Waals surface area (Å²) < 4.78 is 17.6. The summed E-state index contributed by atoms with van der Waals surface area (Å²) in [6.45, 7) is 5.49. The third-order valence-electron chi connectivity index (χ3n) is 2.57. The van der Waals surface area contributed by atoms with Crippen LogP contribution in [0.15, 0.2) is 18.3 Å². The Morgan fingerprint density at radius 2 is 1.83 bits per heavy atom. The molecule has 1 unspecified atom stereocenters. The van der Waals surface area contributed by atoms with Crippen molar-refractivity contribution in [3.05, 3.63) is 24.0 Å². The van der Waals surface area contributed by atoms with E-state index in [1.807, 2.05) is 22.9 Å². The van der Waals surface area contributed by atoms with Crippen LogP contribution in [-0.2, 0) is 20.8 Å². The Morgan fingerprint density at radius 1 is 1.17 bits per heavy atom. The second kappa shape index (κ2) is 9.10. The molecule has 104 valence electrons. The van der Waals surface area contributed by atoms with E-state index in [1.54, 1.807) is 14.0 Å². The molecule has 1 heterocycles. The molecule has 5 nitrogen and oxygen atoms in total. The van der Waals surface area contributed by atoms with Crippen molar-refractivity contribution in [2.24, 2.45) is 0 Å². The highest BCUT2D eigenvalue weighted by atomic mass is 16.5. The van der Waals surface area contributed by atoms with E-state index in [9.17, 15) is 5.11 Å². The molecule has 0 saturated heterocycles. The van der Waals surface area contributed by atoms with Crippen molar-refractivity contribution < 1.29 is 19.3 Å². The van der Waals surface area contributed by atoms with E-state index in [4.69, 9.17) is 14.2 Å². The van der Waals surface area contributed by atoms with Gasteiger partial charge in [0.05, 0.1) is 39.1 Å². The van der Waals surface area contributed by atoms with Crippen LogP contribution in [0.4, 0.5) is 0 Å². The molecule has 1 aromatic rings. The van der Waals surface area contributed by atoms with Crippen LogP contribution in [0.1, 0.15) is 18.7 Å². The lowest BCUT2D eigenvalue weighted by molar-refractivity contribution is 0.0227. The fourth-order valence-electron chi connectivity index (χ4n) is 1.64. The number of rotatable bonds is 10. The molecule has 1 rings (SSSR count). The zero-order chi connectivity index (χ0) is 13.2. The Labute approximate surface area is 108 Å². The lowest BCUT2D eigenvalue weighted by Crippen LogP contribution is -2.13. The Hall–Kier alpha value is -0.880. The summed E-state index contributed by atoms with van der Waals surface area (Å²) in [6.07, 6.45) is 1.50. The largest absolute Gasteiger partial charge is 0.387 e. The number of methoxy groups -OCH3 is 1. The highest BCUT2D eigenvalue weighted by Crippen LogP contribution is 2.12. The van der Waals surface area contributed by atoms with Gasteiger partial charge in [-0.1, -0.05) is 0 Å². The summed E-state index contributed by atoms with van der Waals surface area (Å²) in [7, 11) is 1.65. The minimum Gasteiger partial charge on any atom is -0.387 e. The molecule has 0 radical (unpaired) electrons. The Balaban J connectivity index is 2.05. The van der Waals surface area contributed by atoms with E-state index in [0.717, 1.165) is 12.2 Å². The fraction of sp³-hybridized carbons (Fsp3) is 0.692. The van der Waals surface area contributed by atoms with E-state index in [-0.39, 0.29) is 0 Å². The van der Waals surface area contributed by atoms with Gasteiger partial charge in [-0.15, -0.1) is 0 Å². The number of ether oxygens (including phenoxy) is 3. The standard InChI is InChI=1S/C13H23NO4/c1-12(15)13-4-3-5-14(13)6-7-17-10-11-18-9-8-16-2/h3-5,12,15H,6-11H2,1-2H3. The number of hydrogen-bond acceptors (Lipinski definition) is 4. The SMILES string of the molecule is COCCOCCOCCn1cccc1C(C)O. The fourth-order valence-corrected chi connectivity index (χ4v) is 1.64. The van der Waals surface area contributed by atoms with Crippen LogP contribution in [0.5, 0.6) is 0 Å². The first-order chi connectivity index (χ1) is 8.75. The van der Waals surface area contributed by atoms with Gasteiger partial charge in [-0.3, -0.25) is 0 Å². The van der Waals surface area contributed by atoms with Gasteiger partial charge < -0.3 is 23.9 Å². The van der Waals surface area contributed by atoms with E-state index in [1.165, 1.54) is 0 Å². The molecule has 18 heavy (non-hydrogen) atoms. The van der Waals surface area contributed by atoms with Crippen LogP contribution < -0.4 is 0 Å². The van der Waals surface area contributed by atoms with Crippen LogP contribution in [0.2, 0.25) is 0 Å². The first-order valence-electron chi connectivity index (χ1n) is 6.23. The van der Waals surface area contributed by atoms with Gasteiger partial charge in [-0.25, -0.2) is 0 Å². The van der Waals surface area contributed by atoms with Crippen LogP contribution in [0.25, 0.3) is 0 Å². The molecule has 1 aromatic heterocycles. The molecule has 1 N–H and O–H groups in total. The average molecular weight is 257 g/mol. The Bertz CT molecular complexity index is 312. The molecule has 0 bridgehead atoms. The zero-order valence-corrected chi connectivity index (χ0v) is 11.2. The first kappa shape index (κ1) is 15.2. The summed E-state index contributed by atoms with van der Waals surface area (Å²) >= 11 is 0. The first-order valence-corrected chi connectivity index (χ1v) is 6.23. The molecule has 0 fully saturated rings. The molecule has 0 aromatic carbocycles. The van der Waals surface area contributed by atoms with Crippen LogP contribution in [0, 0.1) is 0 Å². The highest BCUT2D eigenvalue weighted by molar-refractivity contribution is 5.09. The van der Waals surface area contributed by atoms with Gasteiger partial charge in [0.25, 0.3) is 0 Å². The molecular formula is C13H23NO4. The third-order valence-corrected chi connectivity index (χ3v) is 2.57. The monoisotopic (exact) mass is 257 g/mol. The molecule has 0 aliphatic rings.